The summed E-state index contributed by atoms with van der Waals surface area (Å²) in [7, 11) is 1.79. The molecule has 2 aliphatic heterocycles. The molecule has 6 heteroatoms. The van der Waals surface area contributed by atoms with Crippen LogP contribution in [0.3, 0.4) is 0 Å². The maximum absolute atomic E-state index is 12.2. The van der Waals surface area contributed by atoms with Crippen LogP contribution in [0, 0.1) is 0 Å². The molecule has 0 unspecified atom stereocenters. The van der Waals surface area contributed by atoms with Gasteiger partial charge in [-0.1, -0.05) is 0 Å². The van der Waals surface area contributed by atoms with Crippen LogP contribution in [0.25, 0.3) is 0 Å². The molecule has 0 spiro atoms. The maximum Gasteiger partial charge on any atom is 0.410 e. The van der Waals surface area contributed by atoms with Gasteiger partial charge in [0.1, 0.15) is 5.60 Å². The van der Waals surface area contributed by atoms with E-state index in [-0.39, 0.29) is 23.9 Å². The van der Waals surface area contributed by atoms with E-state index in [1.165, 1.54) is 0 Å². The zero-order valence-electron chi connectivity index (χ0n) is 16.1. The number of hydrogen-bond donors (Lipinski definition) is 0. The van der Waals surface area contributed by atoms with Gasteiger partial charge in [-0.25, -0.2) is 4.79 Å². The van der Waals surface area contributed by atoms with E-state index in [0.717, 1.165) is 32.5 Å². The molecule has 0 N–H and O–H groups in total. The minimum Gasteiger partial charge on any atom is -0.444 e. The molecule has 0 radical (unpaired) electrons. The van der Waals surface area contributed by atoms with Crippen molar-refractivity contribution in [3.05, 3.63) is 0 Å². The quantitative estimate of drug-likeness (QED) is 0.789. The van der Waals surface area contributed by atoms with Crippen LogP contribution in [0.4, 0.5) is 4.79 Å². The lowest BCUT2D eigenvalue weighted by molar-refractivity contribution is -0.115. The topological polar surface area (TPSA) is 51.2 Å². The Morgan fingerprint density at radius 1 is 1.17 bits per heavy atom. The number of morpholine rings is 1. The largest absolute Gasteiger partial charge is 0.444 e. The highest BCUT2D eigenvalue weighted by molar-refractivity contribution is 5.68. The summed E-state index contributed by atoms with van der Waals surface area (Å²) in [5, 5.41) is 0. The molecule has 2 fully saturated rings. The van der Waals surface area contributed by atoms with Gasteiger partial charge in [0.15, 0.2) is 0 Å². The first-order valence-electron chi connectivity index (χ1n) is 9.03. The summed E-state index contributed by atoms with van der Waals surface area (Å²) in [6.45, 7) is 14.1. The molecule has 2 aliphatic rings. The minimum atomic E-state index is -0.451. The zero-order valence-corrected chi connectivity index (χ0v) is 16.1. The van der Waals surface area contributed by atoms with Gasteiger partial charge in [0.05, 0.1) is 17.8 Å². The summed E-state index contributed by atoms with van der Waals surface area (Å²) in [6.07, 6.45) is 1.96. The van der Waals surface area contributed by atoms with Gasteiger partial charge in [-0.05, 0) is 47.5 Å². The summed E-state index contributed by atoms with van der Waals surface area (Å²) >= 11 is 0. The Hall–Kier alpha value is -0.850. The second-order valence-corrected chi connectivity index (χ2v) is 8.31. The molecular weight excluding hydrogens is 308 g/mol. The third kappa shape index (κ3) is 5.33. The lowest BCUT2D eigenvalue weighted by Crippen LogP contribution is -2.56. The molecule has 2 saturated heterocycles. The van der Waals surface area contributed by atoms with Gasteiger partial charge in [0, 0.05) is 39.8 Å². The van der Waals surface area contributed by atoms with E-state index in [1.54, 1.807) is 12.0 Å². The van der Waals surface area contributed by atoms with Gasteiger partial charge in [0.25, 0.3) is 0 Å². The van der Waals surface area contributed by atoms with E-state index in [2.05, 4.69) is 18.7 Å². The number of carbonyl (C=O) groups excluding carboxylic acids is 1. The predicted molar refractivity (Wildman–Crippen MR) is 93.2 cm³/mol. The molecule has 6 nitrogen and oxygen atoms in total. The molecule has 0 aromatic rings. The number of piperidine rings is 1. The SMILES string of the molecule is COC1(CN2C[C@@H](C)O[C@@H](C)C2)CCN(C(=O)OC(C)(C)C)CC1. The van der Waals surface area contributed by atoms with E-state index in [4.69, 9.17) is 14.2 Å². The van der Waals surface area contributed by atoms with Crippen LogP contribution in [-0.2, 0) is 14.2 Å². The van der Waals surface area contributed by atoms with Crippen molar-refractivity contribution < 1.29 is 19.0 Å². The molecule has 2 atom stereocenters. The highest BCUT2D eigenvalue weighted by Crippen LogP contribution is 2.29. The smallest absolute Gasteiger partial charge is 0.410 e. The number of likely N-dealkylation sites (tertiary alicyclic amines) is 1. The van der Waals surface area contributed by atoms with Gasteiger partial charge in [-0.3, -0.25) is 4.90 Å². The molecule has 0 aliphatic carbocycles. The fraction of sp³-hybridized carbons (Fsp3) is 0.944. The Labute approximate surface area is 146 Å². The monoisotopic (exact) mass is 342 g/mol. The van der Waals surface area contributed by atoms with E-state index < -0.39 is 5.60 Å². The number of methoxy groups -OCH3 is 1. The van der Waals surface area contributed by atoms with E-state index in [9.17, 15) is 4.79 Å². The molecule has 0 bridgehead atoms. The summed E-state index contributed by atoms with van der Waals surface area (Å²) < 4.78 is 17.2. The van der Waals surface area contributed by atoms with Crippen molar-refractivity contribution in [3.8, 4) is 0 Å². The Kier molecular flexibility index (Phi) is 6.15. The van der Waals surface area contributed by atoms with Crippen LogP contribution < -0.4 is 0 Å². The minimum absolute atomic E-state index is 0.185. The lowest BCUT2D eigenvalue weighted by Gasteiger charge is -2.45. The first kappa shape index (κ1) is 19.5. The Balaban J connectivity index is 1.90. The highest BCUT2D eigenvalue weighted by Gasteiger charge is 2.39. The van der Waals surface area contributed by atoms with Crippen molar-refractivity contribution in [1.29, 1.82) is 0 Å². The molecule has 0 aromatic heterocycles. The molecule has 0 saturated carbocycles. The summed E-state index contributed by atoms with van der Waals surface area (Å²) in [5.41, 5.74) is -0.637. The van der Waals surface area contributed by atoms with Crippen LogP contribution in [0.15, 0.2) is 0 Å². The van der Waals surface area contributed by atoms with Crippen molar-refractivity contribution in [2.75, 3.05) is 39.8 Å². The zero-order chi connectivity index (χ0) is 18.0. The van der Waals surface area contributed by atoms with Gasteiger partial charge >= 0.3 is 6.09 Å². The van der Waals surface area contributed by atoms with Crippen molar-refractivity contribution in [2.45, 2.75) is 70.9 Å². The molecule has 140 valence electrons. The van der Waals surface area contributed by atoms with Crippen LogP contribution >= 0.6 is 0 Å². The first-order valence-corrected chi connectivity index (χ1v) is 9.03. The van der Waals surface area contributed by atoms with Gasteiger partial charge in [-0.15, -0.1) is 0 Å². The number of amides is 1. The Bertz CT molecular complexity index is 417. The number of nitrogens with zero attached hydrogens (tertiary/aromatic N) is 2. The van der Waals surface area contributed by atoms with Crippen LogP contribution in [-0.4, -0.2) is 79.1 Å². The Morgan fingerprint density at radius 3 is 2.17 bits per heavy atom. The molecule has 2 rings (SSSR count). The van der Waals surface area contributed by atoms with Gasteiger partial charge in [-0.2, -0.15) is 0 Å². The third-order valence-electron chi connectivity index (χ3n) is 4.77. The van der Waals surface area contributed by atoms with Crippen LogP contribution in [0.5, 0.6) is 0 Å². The van der Waals surface area contributed by atoms with E-state index in [0.29, 0.717) is 13.1 Å². The van der Waals surface area contributed by atoms with Crippen LogP contribution in [0.1, 0.15) is 47.5 Å². The highest BCUT2D eigenvalue weighted by atomic mass is 16.6. The van der Waals surface area contributed by atoms with Crippen molar-refractivity contribution in [3.63, 3.8) is 0 Å². The lowest BCUT2D eigenvalue weighted by atomic mass is 9.90. The fourth-order valence-corrected chi connectivity index (χ4v) is 3.67. The predicted octanol–water partition coefficient (Wildman–Crippen LogP) is 2.51. The maximum atomic E-state index is 12.2. The molecule has 2 heterocycles. The van der Waals surface area contributed by atoms with Crippen molar-refractivity contribution in [1.82, 2.24) is 9.80 Å². The number of ether oxygens (including phenoxy) is 3. The van der Waals surface area contributed by atoms with E-state index >= 15 is 0 Å². The average Bonchev–Trinajstić information content (AvgIpc) is 2.45. The van der Waals surface area contributed by atoms with Crippen molar-refractivity contribution in [2.24, 2.45) is 0 Å². The standard InChI is InChI=1S/C18H34N2O4/c1-14-11-19(12-15(2)23-14)13-18(22-6)7-9-20(10-8-18)16(21)24-17(3,4)5/h14-15H,7-13H2,1-6H3/t14-,15+. The molecule has 24 heavy (non-hydrogen) atoms. The van der Waals surface area contributed by atoms with E-state index in [1.807, 2.05) is 20.8 Å². The molecule has 0 aromatic carbocycles. The Morgan fingerprint density at radius 2 is 1.71 bits per heavy atom. The summed E-state index contributed by atoms with van der Waals surface area (Å²) in [6, 6.07) is 0. The average molecular weight is 342 g/mol. The number of rotatable bonds is 3. The molecular formula is C18H34N2O4. The second-order valence-electron chi connectivity index (χ2n) is 8.31. The van der Waals surface area contributed by atoms with Gasteiger partial charge in [0.2, 0.25) is 0 Å². The van der Waals surface area contributed by atoms with Gasteiger partial charge < -0.3 is 19.1 Å². The van der Waals surface area contributed by atoms with Crippen LogP contribution in [0.2, 0.25) is 0 Å². The normalized spacial score (nSPS) is 28.7. The van der Waals surface area contributed by atoms with Crippen molar-refractivity contribution >= 4 is 6.09 Å². The fourth-order valence-electron chi connectivity index (χ4n) is 3.67. The summed E-state index contributed by atoms with van der Waals surface area (Å²) in [5.74, 6) is 0. The second kappa shape index (κ2) is 7.58. The number of hydrogen-bond acceptors (Lipinski definition) is 5. The summed E-state index contributed by atoms with van der Waals surface area (Å²) in [4.78, 5) is 16.5. The number of carbonyl (C=O) groups is 1. The third-order valence-corrected chi connectivity index (χ3v) is 4.77. The first-order chi connectivity index (χ1) is 11.1. The molecule has 1 amide bonds.